The highest BCUT2D eigenvalue weighted by atomic mass is 16.7. The molecule has 1 aliphatic carbocycles. The van der Waals surface area contributed by atoms with Gasteiger partial charge in [0, 0.05) is 24.6 Å². The summed E-state index contributed by atoms with van der Waals surface area (Å²) in [5, 5.41) is 3.47. The van der Waals surface area contributed by atoms with Crippen LogP contribution in [0.15, 0.2) is 41.6 Å². The van der Waals surface area contributed by atoms with E-state index >= 15 is 0 Å². The Bertz CT molecular complexity index is 590. The molecule has 124 valence electrons. The lowest BCUT2D eigenvalue weighted by atomic mass is 9.90. The number of methoxy groups -OCH3 is 1. The van der Waals surface area contributed by atoms with Gasteiger partial charge in [-0.2, -0.15) is 0 Å². The van der Waals surface area contributed by atoms with E-state index < -0.39 is 5.79 Å². The molecule has 0 amide bonds. The second-order valence-electron chi connectivity index (χ2n) is 6.01. The third-order valence-electron chi connectivity index (χ3n) is 4.50. The Morgan fingerprint density at radius 3 is 2.61 bits per heavy atom. The Morgan fingerprint density at radius 1 is 1.26 bits per heavy atom. The molecule has 0 radical (unpaired) electrons. The summed E-state index contributed by atoms with van der Waals surface area (Å²) >= 11 is 0. The van der Waals surface area contributed by atoms with Crippen LogP contribution in [0.3, 0.4) is 0 Å². The highest BCUT2D eigenvalue weighted by molar-refractivity contribution is 5.89. The van der Waals surface area contributed by atoms with Crippen molar-refractivity contribution in [1.82, 2.24) is 5.32 Å². The molecule has 1 atom stereocenters. The Kier molecular flexibility index (Phi) is 4.68. The van der Waals surface area contributed by atoms with E-state index in [0.29, 0.717) is 31.6 Å². The molecule has 1 heterocycles. The minimum absolute atomic E-state index is 0.116. The number of carbonyl (C=O) groups excluding carboxylic acids is 1. The maximum absolute atomic E-state index is 12.2. The number of esters is 1. The fraction of sp³-hybridized carbons (Fsp3) is 0.500. The highest BCUT2D eigenvalue weighted by Crippen LogP contribution is 2.39. The minimum atomic E-state index is -0.648. The Labute approximate surface area is 136 Å². The van der Waals surface area contributed by atoms with Gasteiger partial charge in [0.25, 0.3) is 0 Å². The standard InChI is InChI=1S/C18H23NO4/c1-13(14-6-4-3-5-7-14)19-16-8-9-18(22-10-11-23-18)12-15(16)17(20)21-2/h3-7,13,19H,8-12H2,1-2H3. The molecule has 5 nitrogen and oxygen atoms in total. The number of hydrogen-bond acceptors (Lipinski definition) is 5. The van der Waals surface area contributed by atoms with E-state index in [0.717, 1.165) is 12.1 Å². The average molecular weight is 317 g/mol. The Hall–Kier alpha value is -1.85. The van der Waals surface area contributed by atoms with Crippen LogP contribution in [0.2, 0.25) is 0 Å². The van der Waals surface area contributed by atoms with Gasteiger partial charge in [0.05, 0.1) is 25.9 Å². The van der Waals surface area contributed by atoms with Gasteiger partial charge in [0.2, 0.25) is 0 Å². The number of carbonyl (C=O) groups is 1. The predicted molar refractivity (Wildman–Crippen MR) is 85.5 cm³/mol. The van der Waals surface area contributed by atoms with E-state index in [2.05, 4.69) is 24.4 Å². The summed E-state index contributed by atoms with van der Waals surface area (Å²) in [7, 11) is 1.41. The smallest absolute Gasteiger partial charge is 0.335 e. The zero-order chi connectivity index (χ0) is 16.3. The molecule has 2 aliphatic rings. The molecule has 1 aromatic carbocycles. The Morgan fingerprint density at radius 2 is 1.96 bits per heavy atom. The second kappa shape index (κ2) is 6.72. The van der Waals surface area contributed by atoms with Gasteiger partial charge in [-0.15, -0.1) is 0 Å². The van der Waals surface area contributed by atoms with Crippen molar-refractivity contribution in [3.05, 3.63) is 47.2 Å². The Balaban J connectivity index is 1.82. The summed E-state index contributed by atoms with van der Waals surface area (Å²) in [5.74, 6) is -0.962. The molecule has 0 aromatic heterocycles. The van der Waals surface area contributed by atoms with Crippen molar-refractivity contribution in [2.75, 3.05) is 20.3 Å². The van der Waals surface area contributed by atoms with Crippen molar-refractivity contribution in [3.8, 4) is 0 Å². The quantitative estimate of drug-likeness (QED) is 0.865. The van der Waals surface area contributed by atoms with Crippen molar-refractivity contribution >= 4 is 5.97 Å². The molecule has 1 fully saturated rings. The molecule has 1 unspecified atom stereocenters. The maximum Gasteiger partial charge on any atom is 0.335 e. The first-order valence-corrected chi connectivity index (χ1v) is 8.03. The zero-order valence-electron chi connectivity index (χ0n) is 13.6. The molecule has 0 saturated carbocycles. The van der Waals surface area contributed by atoms with Crippen molar-refractivity contribution in [3.63, 3.8) is 0 Å². The van der Waals surface area contributed by atoms with Gasteiger partial charge in [-0.3, -0.25) is 0 Å². The van der Waals surface area contributed by atoms with E-state index in [1.807, 2.05) is 18.2 Å². The van der Waals surface area contributed by atoms with Crippen molar-refractivity contribution in [1.29, 1.82) is 0 Å². The lowest BCUT2D eigenvalue weighted by molar-refractivity contribution is -0.168. The number of benzene rings is 1. The molecule has 1 aromatic rings. The number of hydrogen-bond donors (Lipinski definition) is 1. The lowest BCUT2D eigenvalue weighted by Crippen LogP contribution is -2.38. The van der Waals surface area contributed by atoms with Crippen molar-refractivity contribution < 1.29 is 19.0 Å². The van der Waals surface area contributed by atoms with Crippen LogP contribution in [0.25, 0.3) is 0 Å². The van der Waals surface area contributed by atoms with Crippen LogP contribution in [-0.2, 0) is 19.0 Å². The van der Waals surface area contributed by atoms with Crippen LogP contribution >= 0.6 is 0 Å². The SMILES string of the molecule is COC(=O)C1=C(NC(C)c2ccccc2)CCC2(C1)OCCO2. The van der Waals surface area contributed by atoms with E-state index in [1.54, 1.807) is 0 Å². The molecule has 0 bridgehead atoms. The summed E-state index contributed by atoms with van der Waals surface area (Å²) in [6.45, 7) is 3.25. The predicted octanol–water partition coefficient (Wildman–Crippen LogP) is 2.69. The molecule has 1 spiro atoms. The minimum Gasteiger partial charge on any atom is -0.466 e. The van der Waals surface area contributed by atoms with Crippen LogP contribution < -0.4 is 5.32 Å². The van der Waals surface area contributed by atoms with Gasteiger partial charge in [-0.25, -0.2) is 4.79 Å². The summed E-state index contributed by atoms with van der Waals surface area (Å²) in [6.07, 6.45) is 1.89. The van der Waals surface area contributed by atoms with Gasteiger partial charge >= 0.3 is 5.97 Å². The summed E-state index contributed by atoms with van der Waals surface area (Å²) in [5.41, 5.74) is 2.74. The number of nitrogens with one attached hydrogen (secondary N) is 1. The molecule has 1 N–H and O–H groups in total. The van der Waals surface area contributed by atoms with Crippen LogP contribution in [0.4, 0.5) is 0 Å². The number of ether oxygens (including phenoxy) is 3. The van der Waals surface area contributed by atoms with Gasteiger partial charge in [-0.1, -0.05) is 30.3 Å². The summed E-state index contributed by atoms with van der Waals surface area (Å²) in [4.78, 5) is 12.2. The molecule has 3 rings (SSSR count). The average Bonchev–Trinajstić information content (AvgIpc) is 3.04. The third-order valence-corrected chi connectivity index (χ3v) is 4.50. The van der Waals surface area contributed by atoms with Gasteiger partial charge in [0.1, 0.15) is 0 Å². The first kappa shape index (κ1) is 16.0. The monoisotopic (exact) mass is 317 g/mol. The maximum atomic E-state index is 12.2. The fourth-order valence-electron chi connectivity index (χ4n) is 3.24. The van der Waals surface area contributed by atoms with Gasteiger partial charge in [-0.05, 0) is 18.9 Å². The first-order chi connectivity index (χ1) is 11.1. The normalized spacial score (nSPS) is 21.3. The summed E-state index contributed by atoms with van der Waals surface area (Å²) < 4.78 is 16.5. The largest absolute Gasteiger partial charge is 0.466 e. The van der Waals surface area contributed by atoms with Crippen molar-refractivity contribution in [2.24, 2.45) is 0 Å². The summed E-state index contributed by atoms with van der Waals surface area (Å²) in [6, 6.07) is 10.3. The zero-order valence-corrected chi connectivity index (χ0v) is 13.6. The van der Waals surface area contributed by atoms with Gasteiger partial charge in [0.15, 0.2) is 5.79 Å². The second-order valence-corrected chi connectivity index (χ2v) is 6.01. The molecule has 23 heavy (non-hydrogen) atoms. The molecule has 1 aliphatic heterocycles. The van der Waals surface area contributed by atoms with Crippen LogP contribution in [-0.4, -0.2) is 32.1 Å². The van der Waals surface area contributed by atoms with Crippen LogP contribution in [0.5, 0.6) is 0 Å². The number of allylic oxidation sites excluding steroid dienone is 1. The third kappa shape index (κ3) is 3.41. The number of rotatable bonds is 4. The van der Waals surface area contributed by atoms with E-state index in [1.165, 1.54) is 12.7 Å². The van der Waals surface area contributed by atoms with E-state index in [4.69, 9.17) is 14.2 Å². The highest BCUT2D eigenvalue weighted by Gasteiger charge is 2.43. The van der Waals surface area contributed by atoms with Crippen LogP contribution in [0, 0.1) is 0 Å². The van der Waals surface area contributed by atoms with Crippen LogP contribution in [0.1, 0.15) is 37.8 Å². The van der Waals surface area contributed by atoms with Crippen molar-refractivity contribution in [2.45, 2.75) is 38.0 Å². The molecule has 1 saturated heterocycles. The lowest BCUT2D eigenvalue weighted by Gasteiger charge is -2.34. The molecular weight excluding hydrogens is 294 g/mol. The van der Waals surface area contributed by atoms with E-state index in [-0.39, 0.29) is 12.0 Å². The fourth-order valence-corrected chi connectivity index (χ4v) is 3.24. The molecular formula is C18H23NO4. The first-order valence-electron chi connectivity index (χ1n) is 8.03. The van der Waals surface area contributed by atoms with E-state index in [9.17, 15) is 4.79 Å². The van der Waals surface area contributed by atoms with Gasteiger partial charge < -0.3 is 19.5 Å². The topological polar surface area (TPSA) is 56.8 Å². The molecule has 5 heteroatoms.